The normalized spacial score (nSPS) is 14.4. The summed E-state index contributed by atoms with van der Waals surface area (Å²) < 4.78 is 4.62. The van der Waals surface area contributed by atoms with E-state index < -0.39 is 11.9 Å². The predicted octanol–water partition coefficient (Wildman–Crippen LogP) is 1.86. The number of nitrogens with one attached hydrogen (secondary N) is 2. The topological polar surface area (TPSA) is 84.5 Å². The van der Waals surface area contributed by atoms with Crippen LogP contribution in [0.3, 0.4) is 0 Å². The summed E-state index contributed by atoms with van der Waals surface area (Å²) in [6, 6.07) is 6.59. The second kappa shape index (κ2) is 7.59. The first-order chi connectivity index (χ1) is 10.6. The molecule has 0 unspecified atom stereocenters. The van der Waals surface area contributed by atoms with Crippen LogP contribution in [0.1, 0.15) is 42.5 Å². The molecule has 6 nitrogen and oxygen atoms in total. The van der Waals surface area contributed by atoms with E-state index in [1.165, 1.54) is 13.2 Å². The van der Waals surface area contributed by atoms with Gasteiger partial charge in [0.2, 0.25) is 11.8 Å². The molecule has 22 heavy (non-hydrogen) atoms. The summed E-state index contributed by atoms with van der Waals surface area (Å²) in [6.45, 7) is 0. The van der Waals surface area contributed by atoms with Crippen molar-refractivity contribution in [1.82, 2.24) is 5.32 Å². The number of anilines is 1. The summed E-state index contributed by atoms with van der Waals surface area (Å²) in [6.07, 6.45) is 3.98. The van der Waals surface area contributed by atoms with Gasteiger partial charge in [-0.2, -0.15) is 0 Å². The van der Waals surface area contributed by atoms with Crippen LogP contribution in [0.5, 0.6) is 0 Å². The minimum atomic E-state index is -0.477. The molecule has 1 aromatic carbocycles. The third kappa shape index (κ3) is 4.58. The lowest BCUT2D eigenvalue weighted by molar-refractivity contribution is -0.127. The lowest BCUT2D eigenvalue weighted by Gasteiger charge is -2.12. The molecule has 0 radical (unpaired) electrons. The molecule has 2 N–H and O–H groups in total. The number of hydrogen-bond acceptors (Lipinski definition) is 4. The van der Waals surface area contributed by atoms with Crippen LogP contribution in [0.15, 0.2) is 24.3 Å². The molecule has 0 atom stereocenters. The van der Waals surface area contributed by atoms with E-state index in [0.29, 0.717) is 11.3 Å². The smallest absolute Gasteiger partial charge is 0.337 e. The minimum absolute atomic E-state index is 0.197. The van der Waals surface area contributed by atoms with Crippen LogP contribution in [-0.4, -0.2) is 30.9 Å². The van der Waals surface area contributed by atoms with Crippen LogP contribution in [0.25, 0.3) is 0 Å². The highest BCUT2D eigenvalue weighted by Crippen LogP contribution is 2.17. The minimum Gasteiger partial charge on any atom is -0.465 e. The standard InChI is InChI=1S/C16H20N2O4/c1-22-16(21)11-5-4-8-13(9-11)18-15(20)10-14(19)17-12-6-2-3-7-12/h4-5,8-9,12H,2-3,6-7,10H2,1H3,(H,17,19)(H,18,20). The van der Waals surface area contributed by atoms with Crippen molar-refractivity contribution in [2.75, 3.05) is 12.4 Å². The number of amides is 2. The number of rotatable bonds is 5. The number of methoxy groups -OCH3 is 1. The molecule has 2 rings (SSSR count). The Morgan fingerprint density at radius 3 is 2.59 bits per heavy atom. The zero-order valence-electron chi connectivity index (χ0n) is 12.6. The van der Waals surface area contributed by atoms with E-state index >= 15 is 0 Å². The Hall–Kier alpha value is -2.37. The Morgan fingerprint density at radius 2 is 1.91 bits per heavy atom. The van der Waals surface area contributed by atoms with E-state index in [1.54, 1.807) is 18.2 Å². The SMILES string of the molecule is COC(=O)c1cccc(NC(=O)CC(=O)NC2CCCC2)c1. The molecule has 0 saturated heterocycles. The van der Waals surface area contributed by atoms with Crippen LogP contribution in [0, 0.1) is 0 Å². The molecule has 1 aliphatic rings. The van der Waals surface area contributed by atoms with Gasteiger partial charge in [0.1, 0.15) is 6.42 Å². The Morgan fingerprint density at radius 1 is 1.18 bits per heavy atom. The van der Waals surface area contributed by atoms with Crippen molar-refractivity contribution in [3.05, 3.63) is 29.8 Å². The van der Waals surface area contributed by atoms with Gasteiger partial charge in [-0.15, -0.1) is 0 Å². The Bertz CT molecular complexity index is 565. The average molecular weight is 304 g/mol. The molecule has 0 aromatic heterocycles. The van der Waals surface area contributed by atoms with Crippen molar-refractivity contribution in [2.45, 2.75) is 38.1 Å². The lowest BCUT2D eigenvalue weighted by atomic mass is 10.2. The van der Waals surface area contributed by atoms with Crippen molar-refractivity contribution < 1.29 is 19.1 Å². The molecular formula is C16H20N2O4. The van der Waals surface area contributed by atoms with Gasteiger partial charge in [-0.05, 0) is 31.0 Å². The van der Waals surface area contributed by atoms with Gasteiger partial charge in [0.25, 0.3) is 0 Å². The van der Waals surface area contributed by atoms with Gasteiger partial charge in [-0.3, -0.25) is 9.59 Å². The van der Waals surface area contributed by atoms with Crippen molar-refractivity contribution in [3.63, 3.8) is 0 Å². The Kier molecular flexibility index (Phi) is 5.52. The van der Waals surface area contributed by atoms with Crippen LogP contribution in [-0.2, 0) is 14.3 Å². The van der Waals surface area contributed by atoms with Crippen molar-refractivity contribution in [1.29, 1.82) is 0 Å². The molecule has 1 aliphatic carbocycles. The fourth-order valence-corrected chi connectivity index (χ4v) is 2.54. The number of carbonyl (C=O) groups is 3. The van der Waals surface area contributed by atoms with Gasteiger partial charge in [-0.25, -0.2) is 4.79 Å². The molecular weight excluding hydrogens is 284 g/mol. The third-order valence-corrected chi connectivity index (χ3v) is 3.61. The van der Waals surface area contributed by atoms with E-state index in [-0.39, 0.29) is 18.4 Å². The molecule has 0 heterocycles. The summed E-state index contributed by atoms with van der Waals surface area (Å²) in [5.74, 6) is -1.15. The Labute approximate surface area is 129 Å². The summed E-state index contributed by atoms with van der Waals surface area (Å²) in [7, 11) is 1.29. The number of esters is 1. The maximum atomic E-state index is 11.9. The first-order valence-corrected chi connectivity index (χ1v) is 7.36. The highest BCUT2D eigenvalue weighted by molar-refractivity contribution is 6.04. The van der Waals surface area contributed by atoms with Crippen molar-refractivity contribution >= 4 is 23.5 Å². The van der Waals surface area contributed by atoms with Crippen molar-refractivity contribution in [3.8, 4) is 0 Å². The number of benzene rings is 1. The van der Waals surface area contributed by atoms with E-state index in [0.717, 1.165) is 25.7 Å². The molecule has 0 bridgehead atoms. The van der Waals surface area contributed by atoms with Gasteiger partial charge < -0.3 is 15.4 Å². The average Bonchev–Trinajstić information content (AvgIpc) is 2.99. The van der Waals surface area contributed by atoms with E-state index in [4.69, 9.17) is 0 Å². The van der Waals surface area contributed by atoms with Crippen LogP contribution < -0.4 is 10.6 Å². The van der Waals surface area contributed by atoms with E-state index in [9.17, 15) is 14.4 Å². The second-order valence-electron chi connectivity index (χ2n) is 5.35. The summed E-state index contributed by atoms with van der Waals surface area (Å²) in [5.41, 5.74) is 0.803. The molecule has 1 aromatic rings. The van der Waals surface area contributed by atoms with Gasteiger partial charge in [-0.1, -0.05) is 18.9 Å². The van der Waals surface area contributed by atoms with Gasteiger partial charge in [0.15, 0.2) is 0 Å². The molecule has 0 spiro atoms. The number of hydrogen-bond donors (Lipinski definition) is 2. The predicted molar refractivity (Wildman–Crippen MR) is 81.4 cm³/mol. The summed E-state index contributed by atoms with van der Waals surface area (Å²) in [4.78, 5) is 35.1. The summed E-state index contributed by atoms with van der Waals surface area (Å²) in [5, 5.41) is 5.47. The van der Waals surface area contributed by atoms with Crippen molar-refractivity contribution in [2.24, 2.45) is 0 Å². The highest BCUT2D eigenvalue weighted by Gasteiger charge is 2.18. The molecule has 118 valence electrons. The third-order valence-electron chi connectivity index (χ3n) is 3.61. The lowest BCUT2D eigenvalue weighted by Crippen LogP contribution is -2.35. The molecule has 6 heteroatoms. The number of carbonyl (C=O) groups excluding carboxylic acids is 3. The van der Waals surface area contributed by atoms with Gasteiger partial charge in [0, 0.05) is 11.7 Å². The second-order valence-corrected chi connectivity index (χ2v) is 5.35. The fraction of sp³-hybridized carbons (Fsp3) is 0.438. The quantitative estimate of drug-likeness (QED) is 0.642. The number of ether oxygens (including phenoxy) is 1. The molecule has 1 fully saturated rings. The molecule has 1 saturated carbocycles. The fourth-order valence-electron chi connectivity index (χ4n) is 2.54. The molecule has 2 amide bonds. The van der Waals surface area contributed by atoms with Gasteiger partial charge >= 0.3 is 5.97 Å². The molecule has 0 aliphatic heterocycles. The monoisotopic (exact) mass is 304 g/mol. The zero-order chi connectivity index (χ0) is 15.9. The van der Waals surface area contributed by atoms with Crippen LogP contribution in [0.2, 0.25) is 0 Å². The van der Waals surface area contributed by atoms with E-state index in [2.05, 4.69) is 15.4 Å². The maximum Gasteiger partial charge on any atom is 0.337 e. The summed E-state index contributed by atoms with van der Waals surface area (Å²) >= 11 is 0. The van der Waals surface area contributed by atoms with Crippen LogP contribution >= 0.6 is 0 Å². The first-order valence-electron chi connectivity index (χ1n) is 7.36. The Balaban J connectivity index is 1.86. The highest BCUT2D eigenvalue weighted by atomic mass is 16.5. The largest absolute Gasteiger partial charge is 0.465 e. The van der Waals surface area contributed by atoms with E-state index in [1.807, 2.05) is 0 Å². The van der Waals surface area contributed by atoms with Gasteiger partial charge in [0.05, 0.1) is 12.7 Å². The van der Waals surface area contributed by atoms with Crippen LogP contribution in [0.4, 0.5) is 5.69 Å². The first kappa shape index (κ1) is 16.0. The maximum absolute atomic E-state index is 11.9. The zero-order valence-corrected chi connectivity index (χ0v) is 12.6.